The molecular formula is C11H13N3O2. The first-order valence-corrected chi connectivity index (χ1v) is 5.12. The van der Waals surface area contributed by atoms with Gasteiger partial charge in [-0.15, -0.1) is 0 Å². The zero-order valence-electron chi connectivity index (χ0n) is 8.77. The standard InChI is InChI=1S/C11H13N3O2/c12-7-8-1-3-9(4-2-8)14-10(15)5-6-13-11(14)16/h1-4H,5-7,12H2,(H,13,16). The van der Waals surface area contributed by atoms with Gasteiger partial charge >= 0.3 is 6.03 Å². The van der Waals surface area contributed by atoms with Gasteiger partial charge in [-0.2, -0.15) is 0 Å². The van der Waals surface area contributed by atoms with Crippen LogP contribution in [0.1, 0.15) is 12.0 Å². The van der Waals surface area contributed by atoms with Gasteiger partial charge in [-0.25, -0.2) is 9.69 Å². The van der Waals surface area contributed by atoms with Crippen LogP contribution in [-0.2, 0) is 11.3 Å². The quantitative estimate of drug-likeness (QED) is 0.764. The molecule has 0 aliphatic carbocycles. The van der Waals surface area contributed by atoms with Gasteiger partial charge in [-0.1, -0.05) is 12.1 Å². The molecule has 84 valence electrons. The van der Waals surface area contributed by atoms with Crippen molar-refractivity contribution >= 4 is 17.6 Å². The van der Waals surface area contributed by atoms with Crippen LogP contribution in [0.2, 0.25) is 0 Å². The van der Waals surface area contributed by atoms with Crippen molar-refractivity contribution in [3.8, 4) is 0 Å². The summed E-state index contributed by atoms with van der Waals surface area (Å²) in [5, 5.41) is 2.63. The van der Waals surface area contributed by atoms with E-state index in [-0.39, 0.29) is 11.9 Å². The largest absolute Gasteiger partial charge is 0.337 e. The average Bonchev–Trinajstić information content (AvgIpc) is 2.30. The smallest absolute Gasteiger partial charge is 0.328 e. The van der Waals surface area contributed by atoms with E-state index in [1.807, 2.05) is 12.1 Å². The Morgan fingerprint density at radius 2 is 1.94 bits per heavy atom. The molecule has 3 amide bonds. The maximum absolute atomic E-state index is 11.6. The lowest BCUT2D eigenvalue weighted by Gasteiger charge is -2.25. The van der Waals surface area contributed by atoms with Gasteiger partial charge in [0.25, 0.3) is 0 Å². The van der Waals surface area contributed by atoms with Crippen LogP contribution in [0.5, 0.6) is 0 Å². The van der Waals surface area contributed by atoms with Crippen molar-refractivity contribution in [1.82, 2.24) is 5.32 Å². The number of nitrogens with zero attached hydrogens (tertiary/aromatic N) is 1. The van der Waals surface area contributed by atoms with Gasteiger partial charge in [0.05, 0.1) is 5.69 Å². The van der Waals surface area contributed by atoms with E-state index in [4.69, 9.17) is 5.73 Å². The van der Waals surface area contributed by atoms with Crippen molar-refractivity contribution in [3.63, 3.8) is 0 Å². The molecule has 0 spiro atoms. The molecule has 1 aromatic carbocycles. The number of anilines is 1. The Morgan fingerprint density at radius 3 is 2.50 bits per heavy atom. The number of carbonyl (C=O) groups excluding carboxylic acids is 2. The molecule has 0 atom stereocenters. The fourth-order valence-electron chi connectivity index (χ4n) is 1.62. The van der Waals surface area contributed by atoms with Crippen LogP contribution in [-0.4, -0.2) is 18.5 Å². The van der Waals surface area contributed by atoms with Crippen molar-refractivity contribution in [2.24, 2.45) is 5.73 Å². The minimum absolute atomic E-state index is 0.177. The Hall–Kier alpha value is -1.88. The normalized spacial score (nSPS) is 16.2. The van der Waals surface area contributed by atoms with E-state index >= 15 is 0 Å². The summed E-state index contributed by atoms with van der Waals surface area (Å²) in [5.74, 6) is -0.177. The zero-order chi connectivity index (χ0) is 11.5. The maximum atomic E-state index is 11.6. The second kappa shape index (κ2) is 4.32. The first-order chi connectivity index (χ1) is 7.72. The summed E-state index contributed by atoms with van der Waals surface area (Å²) >= 11 is 0. The van der Waals surface area contributed by atoms with Gasteiger partial charge < -0.3 is 11.1 Å². The summed E-state index contributed by atoms with van der Waals surface area (Å²) in [4.78, 5) is 24.3. The third kappa shape index (κ3) is 1.90. The number of benzene rings is 1. The van der Waals surface area contributed by atoms with Crippen molar-refractivity contribution in [3.05, 3.63) is 29.8 Å². The third-order valence-corrected chi connectivity index (χ3v) is 2.50. The molecule has 5 heteroatoms. The van der Waals surface area contributed by atoms with Crippen LogP contribution in [0.3, 0.4) is 0 Å². The number of urea groups is 1. The number of hydrogen-bond acceptors (Lipinski definition) is 3. The zero-order valence-corrected chi connectivity index (χ0v) is 8.77. The second-order valence-corrected chi connectivity index (χ2v) is 3.58. The molecule has 0 aromatic heterocycles. The Bertz CT molecular complexity index is 398. The van der Waals surface area contributed by atoms with Crippen molar-refractivity contribution in [1.29, 1.82) is 0 Å². The molecule has 3 N–H and O–H groups in total. The first-order valence-electron chi connectivity index (χ1n) is 5.12. The molecule has 1 saturated heterocycles. The highest BCUT2D eigenvalue weighted by atomic mass is 16.2. The lowest BCUT2D eigenvalue weighted by molar-refractivity contribution is -0.118. The van der Waals surface area contributed by atoms with Crippen LogP contribution in [0.25, 0.3) is 0 Å². The van der Waals surface area contributed by atoms with E-state index in [2.05, 4.69) is 5.32 Å². The van der Waals surface area contributed by atoms with Crippen molar-refractivity contribution in [2.45, 2.75) is 13.0 Å². The van der Waals surface area contributed by atoms with E-state index in [0.717, 1.165) is 10.5 Å². The highest BCUT2D eigenvalue weighted by molar-refractivity contribution is 6.15. The first kappa shape index (κ1) is 10.6. The minimum Gasteiger partial charge on any atom is -0.337 e. The monoisotopic (exact) mass is 219 g/mol. The van der Waals surface area contributed by atoms with Crippen molar-refractivity contribution < 1.29 is 9.59 Å². The van der Waals surface area contributed by atoms with Gasteiger partial charge in [0.1, 0.15) is 0 Å². The summed E-state index contributed by atoms with van der Waals surface area (Å²) < 4.78 is 0. The van der Waals surface area contributed by atoms with E-state index in [0.29, 0.717) is 25.2 Å². The Balaban J connectivity index is 2.27. The van der Waals surface area contributed by atoms with E-state index in [1.165, 1.54) is 0 Å². The lowest BCUT2D eigenvalue weighted by atomic mass is 10.2. The molecule has 5 nitrogen and oxygen atoms in total. The Labute approximate surface area is 93.2 Å². The molecule has 0 saturated carbocycles. The summed E-state index contributed by atoms with van der Waals surface area (Å²) in [6.45, 7) is 0.857. The number of carbonyl (C=O) groups is 2. The molecule has 0 radical (unpaired) electrons. The highest BCUT2D eigenvalue weighted by Gasteiger charge is 2.26. The number of nitrogens with two attached hydrogens (primary N) is 1. The molecule has 1 aliphatic rings. The number of rotatable bonds is 2. The number of nitrogens with one attached hydrogen (secondary N) is 1. The van der Waals surface area contributed by atoms with Crippen molar-refractivity contribution in [2.75, 3.05) is 11.4 Å². The van der Waals surface area contributed by atoms with Gasteiger partial charge in [0, 0.05) is 19.5 Å². The van der Waals surface area contributed by atoms with E-state index in [9.17, 15) is 9.59 Å². The predicted molar refractivity (Wildman–Crippen MR) is 59.8 cm³/mol. The predicted octanol–water partition coefficient (Wildman–Crippen LogP) is 0.592. The van der Waals surface area contributed by atoms with E-state index in [1.54, 1.807) is 12.1 Å². The Morgan fingerprint density at radius 1 is 1.25 bits per heavy atom. The number of amides is 3. The average molecular weight is 219 g/mol. The van der Waals surface area contributed by atoms with Gasteiger partial charge in [0.2, 0.25) is 5.91 Å². The summed E-state index contributed by atoms with van der Waals surface area (Å²) in [6.07, 6.45) is 0.338. The van der Waals surface area contributed by atoms with E-state index < -0.39 is 0 Å². The molecule has 0 unspecified atom stereocenters. The molecular weight excluding hydrogens is 206 g/mol. The molecule has 2 rings (SSSR count). The lowest BCUT2D eigenvalue weighted by Crippen LogP contribution is -2.50. The topological polar surface area (TPSA) is 75.4 Å². The fraction of sp³-hybridized carbons (Fsp3) is 0.273. The van der Waals surface area contributed by atoms with Crippen LogP contribution < -0.4 is 16.0 Å². The molecule has 1 fully saturated rings. The van der Waals surface area contributed by atoms with Crippen LogP contribution in [0.4, 0.5) is 10.5 Å². The summed E-state index contributed by atoms with van der Waals surface area (Å²) in [5.41, 5.74) is 7.02. The summed E-state index contributed by atoms with van der Waals surface area (Å²) in [6, 6.07) is 6.71. The van der Waals surface area contributed by atoms with Crippen LogP contribution >= 0.6 is 0 Å². The third-order valence-electron chi connectivity index (χ3n) is 2.50. The molecule has 1 aliphatic heterocycles. The number of hydrogen-bond donors (Lipinski definition) is 2. The Kier molecular flexibility index (Phi) is 2.87. The summed E-state index contributed by atoms with van der Waals surface area (Å²) in [7, 11) is 0. The molecule has 0 bridgehead atoms. The fourth-order valence-corrected chi connectivity index (χ4v) is 1.62. The van der Waals surface area contributed by atoms with Gasteiger partial charge in [-0.05, 0) is 17.7 Å². The minimum atomic E-state index is -0.364. The van der Waals surface area contributed by atoms with Crippen LogP contribution in [0, 0.1) is 0 Å². The molecule has 1 aromatic rings. The number of imide groups is 1. The molecule has 1 heterocycles. The van der Waals surface area contributed by atoms with Crippen LogP contribution in [0.15, 0.2) is 24.3 Å². The second-order valence-electron chi connectivity index (χ2n) is 3.58. The molecule has 16 heavy (non-hydrogen) atoms. The highest BCUT2D eigenvalue weighted by Crippen LogP contribution is 2.18. The SMILES string of the molecule is NCc1ccc(N2C(=O)CCNC2=O)cc1. The van der Waals surface area contributed by atoms with Gasteiger partial charge in [-0.3, -0.25) is 4.79 Å². The van der Waals surface area contributed by atoms with Gasteiger partial charge in [0.15, 0.2) is 0 Å². The maximum Gasteiger partial charge on any atom is 0.328 e.